The number of hydrogen-bond acceptors (Lipinski definition) is 4. The van der Waals surface area contributed by atoms with Gasteiger partial charge in [0.2, 0.25) is 0 Å². The van der Waals surface area contributed by atoms with E-state index in [0.29, 0.717) is 0 Å². The molecule has 0 bridgehead atoms. The van der Waals surface area contributed by atoms with E-state index in [2.05, 4.69) is 77.3 Å². The normalized spacial score (nSPS) is 16.9. The van der Waals surface area contributed by atoms with Crippen molar-refractivity contribution in [1.29, 1.82) is 0 Å². The third-order valence-electron chi connectivity index (χ3n) is 6.21. The summed E-state index contributed by atoms with van der Waals surface area (Å²) < 4.78 is 11.2. The van der Waals surface area contributed by atoms with E-state index in [4.69, 9.17) is 9.47 Å². The van der Waals surface area contributed by atoms with E-state index in [1.54, 1.807) is 7.11 Å². The minimum absolute atomic E-state index is 0.0368. The Morgan fingerprint density at radius 1 is 1.12 bits per heavy atom. The van der Waals surface area contributed by atoms with Gasteiger partial charge in [0, 0.05) is 44.9 Å². The zero-order chi connectivity index (χ0) is 22.8. The van der Waals surface area contributed by atoms with Gasteiger partial charge < -0.3 is 25.4 Å². The quantitative estimate of drug-likeness (QED) is 0.412. The van der Waals surface area contributed by atoms with E-state index in [-0.39, 0.29) is 11.6 Å². The summed E-state index contributed by atoms with van der Waals surface area (Å²) in [6, 6.07) is 17.2. The molecular weight excluding hydrogens is 400 g/mol. The fraction of sp³-hybridized carbons (Fsp3) is 0.500. The van der Waals surface area contributed by atoms with Crippen molar-refractivity contribution in [2.24, 2.45) is 4.99 Å². The van der Waals surface area contributed by atoms with Crippen LogP contribution < -0.4 is 20.7 Å². The van der Waals surface area contributed by atoms with Gasteiger partial charge in [0.05, 0.1) is 7.11 Å². The van der Waals surface area contributed by atoms with Crippen molar-refractivity contribution in [2.45, 2.75) is 44.7 Å². The molecule has 174 valence electrons. The van der Waals surface area contributed by atoms with Gasteiger partial charge in [-0.25, -0.2) is 0 Å². The summed E-state index contributed by atoms with van der Waals surface area (Å²) in [5.74, 6) is 1.75. The second-order valence-corrected chi connectivity index (χ2v) is 8.59. The Hall–Kier alpha value is -2.57. The molecule has 3 rings (SSSR count). The molecule has 1 aliphatic rings. The number of nitrogens with zero attached hydrogens (tertiary/aromatic N) is 1. The highest BCUT2D eigenvalue weighted by molar-refractivity contribution is 5.79. The molecule has 1 aliphatic heterocycles. The monoisotopic (exact) mass is 438 g/mol. The van der Waals surface area contributed by atoms with Gasteiger partial charge in [0.15, 0.2) is 5.96 Å². The van der Waals surface area contributed by atoms with Crippen LogP contribution in [0.1, 0.15) is 42.5 Å². The van der Waals surface area contributed by atoms with Crippen LogP contribution in [0.3, 0.4) is 0 Å². The van der Waals surface area contributed by atoms with Crippen LogP contribution >= 0.6 is 0 Å². The lowest BCUT2D eigenvalue weighted by molar-refractivity contribution is 0.0355. The molecule has 3 N–H and O–H groups in total. The number of aryl methyl sites for hydroxylation is 1. The van der Waals surface area contributed by atoms with Crippen molar-refractivity contribution in [3.8, 4) is 5.75 Å². The Bertz CT molecular complexity index is 863. The zero-order valence-corrected chi connectivity index (χ0v) is 19.9. The Morgan fingerprint density at radius 2 is 1.88 bits per heavy atom. The van der Waals surface area contributed by atoms with E-state index in [1.807, 2.05) is 13.1 Å². The minimum Gasteiger partial charge on any atom is -0.496 e. The SMILES string of the molecule is CN=C(NCCc1cc(C)ccc1OC)NCC1(NC(C)c2ccccc2)CCOCC1. The maximum atomic E-state index is 5.67. The van der Waals surface area contributed by atoms with E-state index >= 15 is 0 Å². The summed E-state index contributed by atoms with van der Waals surface area (Å²) in [6.45, 7) is 7.46. The summed E-state index contributed by atoms with van der Waals surface area (Å²) in [6.07, 6.45) is 2.80. The number of benzene rings is 2. The Balaban J connectivity index is 1.56. The largest absolute Gasteiger partial charge is 0.496 e. The van der Waals surface area contributed by atoms with Gasteiger partial charge in [-0.15, -0.1) is 0 Å². The van der Waals surface area contributed by atoms with Crippen LogP contribution in [0, 0.1) is 6.92 Å². The van der Waals surface area contributed by atoms with Crippen LogP contribution in [0.25, 0.3) is 0 Å². The van der Waals surface area contributed by atoms with Gasteiger partial charge in [-0.1, -0.05) is 48.0 Å². The molecule has 0 amide bonds. The lowest BCUT2D eigenvalue weighted by Crippen LogP contribution is -2.58. The van der Waals surface area contributed by atoms with Crippen molar-refractivity contribution in [3.63, 3.8) is 0 Å². The van der Waals surface area contributed by atoms with E-state index in [1.165, 1.54) is 16.7 Å². The van der Waals surface area contributed by atoms with Gasteiger partial charge in [0.1, 0.15) is 5.75 Å². The van der Waals surface area contributed by atoms with Gasteiger partial charge in [-0.3, -0.25) is 4.99 Å². The molecule has 0 radical (unpaired) electrons. The van der Waals surface area contributed by atoms with Crippen LogP contribution in [0.5, 0.6) is 5.75 Å². The molecular formula is C26H38N4O2. The number of methoxy groups -OCH3 is 1. The molecule has 1 atom stereocenters. The lowest BCUT2D eigenvalue weighted by atomic mass is 9.88. The Kier molecular flexibility index (Phi) is 8.94. The second-order valence-electron chi connectivity index (χ2n) is 8.59. The van der Waals surface area contributed by atoms with Gasteiger partial charge in [-0.05, 0) is 50.3 Å². The average Bonchev–Trinajstić information content (AvgIpc) is 2.82. The first kappa shape index (κ1) is 24.1. The highest BCUT2D eigenvalue weighted by atomic mass is 16.5. The average molecular weight is 439 g/mol. The number of nitrogens with one attached hydrogen (secondary N) is 3. The molecule has 1 saturated heterocycles. The smallest absolute Gasteiger partial charge is 0.191 e. The van der Waals surface area contributed by atoms with Crippen LogP contribution in [0.4, 0.5) is 0 Å². The number of ether oxygens (including phenoxy) is 2. The number of rotatable bonds is 9. The third kappa shape index (κ3) is 6.71. The lowest BCUT2D eigenvalue weighted by Gasteiger charge is -2.41. The first-order chi connectivity index (χ1) is 15.5. The molecule has 0 aromatic heterocycles. The molecule has 32 heavy (non-hydrogen) atoms. The second kappa shape index (κ2) is 11.9. The van der Waals surface area contributed by atoms with Crippen LogP contribution in [0.2, 0.25) is 0 Å². The van der Waals surface area contributed by atoms with Gasteiger partial charge in [-0.2, -0.15) is 0 Å². The summed E-state index contributed by atoms with van der Waals surface area (Å²) in [5.41, 5.74) is 3.70. The molecule has 1 fully saturated rings. The first-order valence-electron chi connectivity index (χ1n) is 11.5. The van der Waals surface area contributed by atoms with Crippen molar-refractivity contribution in [2.75, 3.05) is 40.5 Å². The van der Waals surface area contributed by atoms with Gasteiger partial charge in [0.25, 0.3) is 0 Å². The fourth-order valence-corrected chi connectivity index (χ4v) is 4.31. The van der Waals surface area contributed by atoms with E-state index < -0.39 is 0 Å². The van der Waals surface area contributed by atoms with Crippen molar-refractivity contribution >= 4 is 5.96 Å². The number of guanidine groups is 1. The maximum Gasteiger partial charge on any atom is 0.191 e. The van der Waals surface area contributed by atoms with E-state index in [9.17, 15) is 0 Å². The Morgan fingerprint density at radius 3 is 2.56 bits per heavy atom. The molecule has 6 nitrogen and oxygen atoms in total. The Labute approximate surface area is 192 Å². The summed E-state index contributed by atoms with van der Waals surface area (Å²) in [4.78, 5) is 4.44. The number of aliphatic imine (C=N–C) groups is 1. The summed E-state index contributed by atoms with van der Waals surface area (Å²) >= 11 is 0. The fourth-order valence-electron chi connectivity index (χ4n) is 4.31. The summed E-state index contributed by atoms with van der Waals surface area (Å²) in [7, 11) is 3.54. The van der Waals surface area contributed by atoms with Crippen molar-refractivity contribution in [1.82, 2.24) is 16.0 Å². The zero-order valence-electron chi connectivity index (χ0n) is 19.9. The third-order valence-corrected chi connectivity index (χ3v) is 6.21. The predicted octanol–water partition coefficient (Wildman–Crippen LogP) is 3.61. The standard InChI is InChI=1S/C26H38N4O2/c1-20-10-11-24(31-4)23(18-20)12-15-28-25(27-3)29-19-26(13-16-32-17-14-26)30-21(2)22-8-6-5-7-9-22/h5-11,18,21,30H,12-17,19H2,1-4H3,(H2,27,28,29). The molecule has 2 aromatic carbocycles. The predicted molar refractivity (Wildman–Crippen MR) is 132 cm³/mol. The highest BCUT2D eigenvalue weighted by Gasteiger charge is 2.34. The van der Waals surface area contributed by atoms with Crippen molar-refractivity contribution < 1.29 is 9.47 Å². The van der Waals surface area contributed by atoms with Crippen molar-refractivity contribution in [3.05, 3.63) is 65.2 Å². The first-order valence-corrected chi connectivity index (χ1v) is 11.5. The van der Waals surface area contributed by atoms with Crippen LogP contribution in [0.15, 0.2) is 53.5 Å². The van der Waals surface area contributed by atoms with Crippen LogP contribution in [-0.4, -0.2) is 52.0 Å². The molecule has 1 unspecified atom stereocenters. The highest BCUT2D eigenvalue weighted by Crippen LogP contribution is 2.25. The topological polar surface area (TPSA) is 66.9 Å². The van der Waals surface area contributed by atoms with Gasteiger partial charge >= 0.3 is 0 Å². The minimum atomic E-state index is -0.0368. The molecule has 0 saturated carbocycles. The molecule has 0 spiro atoms. The maximum absolute atomic E-state index is 5.67. The molecule has 2 aromatic rings. The molecule has 1 heterocycles. The molecule has 0 aliphatic carbocycles. The van der Waals surface area contributed by atoms with Crippen LogP contribution in [-0.2, 0) is 11.2 Å². The van der Waals surface area contributed by atoms with E-state index in [0.717, 1.165) is 57.3 Å². The summed E-state index contributed by atoms with van der Waals surface area (Å²) in [5, 5.41) is 10.9. The molecule has 6 heteroatoms. The number of hydrogen-bond donors (Lipinski definition) is 3.